The Kier molecular flexibility index (Phi) is 7.31. The molecule has 3 aromatic heterocycles. The zero-order valence-corrected chi connectivity index (χ0v) is 32.1. The van der Waals surface area contributed by atoms with Gasteiger partial charge in [-0.15, -0.1) is 11.3 Å². The molecule has 12 rings (SSSR count). The first-order chi connectivity index (χ1) is 28.7. The number of nitrogens with zero attached hydrogens (tertiary/aromatic N) is 3. The first-order valence-electron chi connectivity index (χ1n) is 19.7. The lowest BCUT2D eigenvalue weighted by molar-refractivity contribution is 0.768. The van der Waals surface area contributed by atoms with Crippen LogP contribution in [-0.2, 0) is 5.41 Å². The molecule has 0 aliphatic heterocycles. The Hall–Kier alpha value is -7.27. The van der Waals surface area contributed by atoms with Crippen molar-refractivity contribution in [2.24, 2.45) is 0 Å². The third kappa shape index (κ3) is 4.95. The molecule has 0 radical (unpaired) electrons. The Bertz CT molecular complexity index is 3270. The van der Waals surface area contributed by atoms with Crippen LogP contribution >= 0.6 is 11.3 Å². The van der Waals surface area contributed by atoms with Crippen molar-refractivity contribution in [3.63, 3.8) is 0 Å². The highest BCUT2D eigenvalue weighted by molar-refractivity contribution is 7.25. The molecular formula is C54H33N3S. The second-order valence-electron chi connectivity index (χ2n) is 15.2. The summed E-state index contributed by atoms with van der Waals surface area (Å²) >= 11 is 1.88. The SMILES string of the molecule is C1=Cc2ccc(-c3cc(-c4ccccc4)nc(-c4ccc(-c5cccnc5)cc4)n3)cc2C2(c3ccccc31)c1ccccc1-c1cc3c(cc12)sc1ccccc13. The molecule has 4 heteroatoms. The summed E-state index contributed by atoms with van der Waals surface area (Å²) in [6, 6.07) is 63.8. The molecule has 7 aromatic carbocycles. The van der Waals surface area contributed by atoms with Crippen LogP contribution in [0, 0.1) is 0 Å². The van der Waals surface area contributed by atoms with E-state index in [1.165, 1.54) is 64.7 Å². The predicted molar refractivity (Wildman–Crippen MR) is 241 cm³/mol. The standard InChI is InChI=1S/C54H33N3S/c1-2-12-37(13-3-1)49-32-50(57-53(56-49)38-25-20-34(21-26-38)40-14-10-28-55-33-40)39-27-24-36-23-22-35-11-4-7-17-45(35)54(47(36)29-39)46-18-8-5-15-41(46)43-30-44-42-16-6-9-19-51(42)58-52(44)31-48(43)54/h1-33H. The van der Waals surface area contributed by atoms with Gasteiger partial charge in [-0.2, -0.15) is 0 Å². The van der Waals surface area contributed by atoms with Crippen molar-refractivity contribution in [2.45, 2.75) is 5.41 Å². The molecule has 0 N–H and O–H groups in total. The van der Waals surface area contributed by atoms with Gasteiger partial charge in [-0.3, -0.25) is 4.98 Å². The van der Waals surface area contributed by atoms with Gasteiger partial charge in [0.1, 0.15) is 0 Å². The molecule has 1 unspecified atom stereocenters. The Morgan fingerprint density at radius 1 is 0.397 bits per heavy atom. The lowest BCUT2D eigenvalue weighted by Gasteiger charge is -2.35. The molecule has 1 spiro atoms. The van der Waals surface area contributed by atoms with E-state index in [0.717, 1.165) is 39.2 Å². The van der Waals surface area contributed by atoms with Crippen LogP contribution in [0.3, 0.4) is 0 Å². The van der Waals surface area contributed by atoms with E-state index in [9.17, 15) is 0 Å². The molecule has 3 heterocycles. The van der Waals surface area contributed by atoms with Crippen LogP contribution in [0.15, 0.2) is 188 Å². The summed E-state index contributed by atoms with van der Waals surface area (Å²) in [7, 11) is 0. The van der Waals surface area contributed by atoms with Crippen LogP contribution < -0.4 is 0 Å². The second kappa shape index (κ2) is 12.9. The molecular weight excluding hydrogens is 723 g/mol. The molecule has 58 heavy (non-hydrogen) atoms. The quantitative estimate of drug-likeness (QED) is 0.180. The molecule has 10 aromatic rings. The highest BCUT2D eigenvalue weighted by Crippen LogP contribution is 2.60. The summed E-state index contributed by atoms with van der Waals surface area (Å²) in [5.41, 5.74) is 16.6. The van der Waals surface area contributed by atoms with E-state index in [2.05, 4.69) is 181 Å². The van der Waals surface area contributed by atoms with Crippen LogP contribution in [0.25, 0.3) is 88.5 Å². The molecule has 0 saturated carbocycles. The van der Waals surface area contributed by atoms with Crippen LogP contribution in [-0.4, -0.2) is 15.0 Å². The Balaban J connectivity index is 1.11. The molecule has 1 atom stereocenters. The van der Waals surface area contributed by atoms with Gasteiger partial charge in [0.15, 0.2) is 5.82 Å². The van der Waals surface area contributed by atoms with Crippen LogP contribution in [0.4, 0.5) is 0 Å². The topological polar surface area (TPSA) is 38.7 Å². The second-order valence-corrected chi connectivity index (χ2v) is 16.2. The van der Waals surface area contributed by atoms with Gasteiger partial charge in [-0.25, -0.2) is 9.97 Å². The largest absolute Gasteiger partial charge is 0.264 e. The Morgan fingerprint density at radius 3 is 1.93 bits per heavy atom. The summed E-state index contributed by atoms with van der Waals surface area (Å²) in [5, 5.41) is 2.63. The number of pyridine rings is 1. The number of thiophene rings is 1. The van der Waals surface area contributed by atoms with Gasteiger partial charge in [-0.1, -0.05) is 152 Å². The van der Waals surface area contributed by atoms with Crippen LogP contribution in [0.1, 0.15) is 33.4 Å². The molecule has 2 aliphatic carbocycles. The average molecular weight is 756 g/mol. The third-order valence-electron chi connectivity index (χ3n) is 12.0. The highest BCUT2D eigenvalue weighted by atomic mass is 32.1. The fraction of sp³-hybridized carbons (Fsp3) is 0.0185. The maximum atomic E-state index is 5.35. The van der Waals surface area contributed by atoms with E-state index in [4.69, 9.17) is 9.97 Å². The fourth-order valence-corrected chi connectivity index (χ4v) is 10.5. The molecule has 0 saturated heterocycles. The normalized spacial score (nSPS) is 14.9. The maximum Gasteiger partial charge on any atom is 0.160 e. The molecule has 270 valence electrons. The maximum absolute atomic E-state index is 5.35. The monoisotopic (exact) mass is 755 g/mol. The van der Waals surface area contributed by atoms with Crippen molar-refractivity contribution in [3.8, 4) is 56.2 Å². The van der Waals surface area contributed by atoms with Gasteiger partial charge in [0, 0.05) is 49.3 Å². The van der Waals surface area contributed by atoms with Crippen molar-refractivity contribution < 1.29 is 0 Å². The molecule has 0 amide bonds. The van der Waals surface area contributed by atoms with Crippen molar-refractivity contribution in [1.29, 1.82) is 0 Å². The number of aromatic nitrogens is 3. The lowest BCUT2D eigenvalue weighted by atomic mass is 9.65. The molecule has 0 bridgehead atoms. The van der Waals surface area contributed by atoms with Crippen molar-refractivity contribution in [2.75, 3.05) is 0 Å². The van der Waals surface area contributed by atoms with Crippen LogP contribution in [0.2, 0.25) is 0 Å². The summed E-state index contributed by atoms with van der Waals surface area (Å²) < 4.78 is 2.62. The van der Waals surface area contributed by atoms with Crippen molar-refractivity contribution in [1.82, 2.24) is 15.0 Å². The summed E-state index contributed by atoms with van der Waals surface area (Å²) in [6.07, 6.45) is 8.29. The van der Waals surface area contributed by atoms with E-state index in [0.29, 0.717) is 5.82 Å². The first-order valence-corrected chi connectivity index (χ1v) is 20.5. The molecule has 2 aliphatic rings. The van der Waals surface area contributed by atoms with Crippen molar-refractivity contribution in [3.05, 3.63) is 222 Å². The summed E-state index contributed by atoms with van der Waals surface area (Å²) in [5.74, 6) is 0.688. The van der Waals surface area contributed by atoms with Gasteiger partial charge in [0.05, 0.1) is 16.8 Å². The average Bonchev–Trinajstić information content (AvgIpc) is 3.75. The van der Waals surface area contributed by atoms with Gasteiger partial charge < -0.3 is 0 Å². The van der Waals surface area contributed by atoms with Gasteiger partial charge in [0.2, 0.25) is 0 Å². The van der Waals surface area contributed by atoms with Crippen molar-refractivity contribution >= 4 is 43.7 Å². The Morgan fingerprint density at radius 2 is 1.09 bits per heavy atom. The van der Waals surface area contributed by atoms with E-state index < -0.39 is 5.41 Å². The number of rotatable bonds is 4. The minimum Gasteiger partial charge on any atom is -0.264 e. The number of fused-ring (bicyclic) bond motifs is 12. The Labute approximate surface area is 340 Å². The fourth-order valence-electron chi connectivity index (χ4n) is 9.40. The van der Waals surface area contributed by atoms with E-state index in [1.54, 1.807) is 6.20 Å². The summed E-state index contributed by atoms with van der Waals surface area (Å²) in [4.78, 5) is 14.9. The van der Waals surface area contributed by atoms with E-state index in [1.807, 2.05) is 29.7 Å². The minimum atomic E-state index is -0.567. The number of benzene rings is 7. The van der Waals surface area contributed by atoms with Crippen LogP contribution in [0.5, 0.6) is 0 Å². The molecule has 3 nitrogen and oxygen atoms in total. The first kappa shape index (κ1) is 32.9. The van der Waals surface area contributed by atoms with Gasteiger partial charge >= 0.3 is 0 Å². The predicted octanol–water partition coefficient (Wildman–Crippen LogP) is 13.8. The van der Waals surface area contributed by atoms with E-state index in [-0.39, 0.29) is 0 Å². The van der Waals surface area contributed by atoms with Gasteiger partial charge in [0.25, 0.3) is 0 Å². The highest BCUT2D eigenvalue weighted by Gasteiger charge is 2.49. The lowest BCUT2D eigenvalue weighted by Crippen LogP contribution is -2.30. The number of hydrogen-bond donors (Lipinski definition) is 0. The summed E-state index contributed by atoms with van der Waals surface area (Å²) in [6.45, 7) is 0. The van der Waals surface area contributed by atoms with Gasteiger partial charge in [-0.05, 0) is 92.0 Å². The zero-order chi connectivity index (χ0) is 38.2. The minimum absolute atomic E-state index is 0.567. The number of hydrogen-bond acceptors (Lipinski definition) is 4. The van der Waals surface area contributed by atoms with E-state index >= 15 is 0 Å². The zero-order valence-electron chi connectivity index (χ0n) is 31.3. The molecule has 0 fully saturated rings. The smallest absolute Gasteiger partial charge is 0.160 e. The third-order valence-corrected chi connectivity index (χ3v) is 13.2.